The van der Waals surface area contributed by atoms with Crippen LogP contribution in [0, 0.1) is 0 Å². The van der Waals surface area contributed by atoms with Crippen molar-refractivity contribution in [3.05, 3.63) is 32.7 Å². The van der Waals surface area contributed by atoms with Crippen LogP contribution in [0.1, 0.15) is 18.0 Å². The molecule has 0 aliphatic rings. The van der Waals surface area contributed by atoms with Gasteiger partial charge in [0.25, 0.3) is 0 Å². The molecule has 1 unspecified atom stereocenters. The highest BCUT2D eigenvalue weighted by Crippen LogP contribution is 2.34. The maximum Gasteiger partial charge on any atom is 0.390 e. The summed E-state index contributed by atoms with van der Waals surface area (Å²) in [6, 6.07) is 4.43. The molecule has 0 aliphatic heterocycles. The molecule has 0 spiro atoms. The minimum Gasteiger partial charge on any atom is -0.313 e. The molecule has 0 fully saturated rings. The Kier molecular flexibility index (Phi) is 4.82. The smallest absolute Gasteiger partial charge is 0.313 e. The molecule has 1 atom stereocenters. The quantitative estimate of drug-likeness (QED) is 0.841. The fraction of sp³-hybridized carbons (Fsp3) is 0.400. The SMILES string of the molecule is CNC(CC(F)(F)F)c1cc(Br)ccc1Br. The minimum absolute atomic E-state index is 0.592. The average Bonchev–Trinajstić information content (AvgIpc) is 2.17. The largest absolute Gasteiger partial charge is 0.390 e. The number of hydrogen-bond donors (Lipinski definition) is 1. The summed E-state index contributed by atoms with van der Waals surface area (Å²) in [6.07, 6.45) is -5.08. The van der Waals surface area contributed by atoms with E-state index in [2.05, 4.69) is 37.2 Å². The number of rotatable bonds is 3. The van der Waals surface area contributed by atoms with Gasteiger partial charge < -0.3 is 5.32 Å². The van der Waals surface area contributed by atoms with E-state index in [4.69, 9.17) is 0 Å². The van der Waals surface area contributed by atoms with Gasteiger partial charge in [-0.3, -0.25) is 0 Å². The minimum atomic E-state index is -4.19. The van der Waals surface area contributed by atoms with Crippen molar-refractivity contribution in [3.63, 3.8) is 0 Å². The topological polar surface area (TPSA) is 12.0 Å². The summed E-state index contributed by atoms with van der Waals surface area (Å²) in [4.78, 5) is 0. The van der Waals surface area contributed by atoms with Crippen molar-refractivity contribution in [1.29, 1.82) is 0 Å². The Bertz CT molecular complexity index is 366. The maximum absolute atomic E-state index is 12.3. The van der Waals surface area contributed by atoms with E-state index in [0.29, 0.717) is 10.0 Å². The number of nitrogens with one attached hydrogen (secondary N) is 1. The molecule has 0 aromatic heterocycles. The second kappa shape index (κ2) is 5.51. The molecular weight excluding hydrogens is 351 g/mol. The monoisotopic (exact) mass is 359 g/mol. The Morgan fingerprint density at radius 2 is 1.94 bits per heavy atom. The van der Waals surface area contributed by atoms with E-state index in [1.165, 1.54) is 7.05 Å². The van der Waals surface area contributed by atoms with Crippen LogP contribution in [0.2, 0.25) is 0 Å². The lowest BCUT2D eigenvalue weighted by Crippen LogP contribution is -2.24. The van der Waals surface area contributed by atoms with Crippen molar-refractivity contribution in [2.75, 3.05) is 7.05 Å². The van der Waals surface area contributed by atoms with Gasteiger partial charge in [0, 0.05) is 15.0 Å². The van der Waals surface area contributed by atoms with E-state index in [1.807, 2.05) is 0 Å². The molecule has 0 amide bonds. The third kappa shape index (κ3) is 4.07. The standard InChI is InChI=1S/C10H10Br2F3N/c1-16-9(5-10(13,14)15)7-4-6(11)2-3-8(7)12/h2-4,9,16H,5H2,1H3. The molecule has 1 N–H and O–H groups in total. The van der Waals surface area contributed by atoms with E-state index in [0.717, 1.165) is 4.47 Å². The van der Waals surface area contributed by atoms with Crippen LogP contribution in [0.25, 0.3) is 0 Å². The van der Waals surface area contributed by atoms with Gasteiger partial charge in [-0.05, 0) is 30.8 Å². The predicted octanol–water partition coefficient (Wildman–Crippen LogP) is 4.42. The molecule has 1 aromatic carbocycles. The Balaban J connectivity index is 2.99. The zero-order valence-corrected chi connectivity index (χ0v) is 11.6. The summed E-state index contributed by atoms with van der Waals surface area (Å²) in [5.74, 6) is 0. The molecule has 16 heavy (non-hydrogen) atoms. The van der Waals surface area contributed by atoms with Crippen LogP contribution in [0.3, 0.4) is 0 Å². The molecule has 0 aliphatic carbocycles. The van der Waals surface area contributed by atoms with E-state index in [1.54, 1.807) is 18.2 Å². The third-order valence-electron chi connectivity index (χ3n) is 2.12. The molecule has 0 saturated heterocycles. The molecule has 0 saturated carbocycles. The lowest BCUT2D eigenvalue weighted by atomic mass is 10.0. The van der Waals surface area contributed by atoms with Crippen molar-refractivity contribution in [2.24, 2.45) is 0 Å². The van der Waals surface area contributed by atoms with Crippen molar-refractivity contribution in [1.82, 2.24) is 5.32 Å². The maximum atomic E-state index is 12.3. The van der Waals surface area contributed by atoms with Crippen LogP contribution >= 0.6 is 31.9 Å². The Labute approximate surface area is 109 Å². The summed E-state index contributed by atoms with van der Waals surface area (Å²) in [6.45, 7) is 0. The van der Waals surface area contributed by atoms with E-state index < -0.39 is 18.6 Å². The molecular formula is C10H10Br2F3N. The Morgan fingerprint density at radius 1 is 1.31 bits per heavy atom. The van der Waals surface area contributed by atoms with Crippen LogP contribution < -0.4 is 5.32 Å². The molecule has 0 heterocycles. The van der Waals surface area contributed by atoms with Crippen LogP contribution in [0.5, 0.6) is 0 Å². The fourth-order valence-electron chi connectivity index (χ4n) is 1.38. The van der Waals surface area contributed by atoms with Gasteiger partial charge in [0.2, 0.25) is 0 Å². The van der Waals surface area contributed by atoms with Crippen molar-refractivity contribution in [2.45, 2.75) is 18.6 Å². The summed E-state index contributed by atoms with van der Waals surface area (Å²) in [7, 11) is 1.52. The van der Waals surface area contributed by atoms with E-state index in [-0.39, 0.29) is 0 Å². The summed E-state index contributed by atoms with van der Waals surface area (Å²) in [5, 5.41) is 2.67. The first kappa shape index (κ1) is 14.0. The van der Waals surface area contributed by atoms with E-state index in [9.17, 15) is 13.2 Å². The molecule has 6 heteroatoms. The highest BCUT2D eigenvalue weighted by Gasteiger charge is 2.32. The number of alkyl halides is 3. The van der Waals surface area contributed by atoms with Crippen LogP contribution in [0.4, 0.5) is 13.2 Å². The number of hydrogen-bond acceptors (Lipinski definition) is 1. The zero-order valence-electron chi connectivity index (χ0n) is 8.41. The van der Waals surface area contributed by atoms with Crippen LogP contribution in [-0.2, 0) is 0 Å². The Morgan fingerprint density at radius 3 is 2.44 bits per heavy atom. The number of halogens is 5. The zero-order chi connectivity index (χ0) is 12.3. The first-order chi connectivity index (χ1) is 7.33. The van der Waals surface area contributed by atoms with Crippen molar-refractivity contribution in [3.8, 4) is 0 Å². The highest BCUT2D eigenvalue weighted by molar-refractivity contribution is 9.11. The van der Waals surface area contributed by atoms with Gasteiger partial charge in [0.15, 0.2) is 0 Å². The lowest BCUT2D eigenvalue weighted by Gasteiger charge is -2.20. The number of benzene rings is 1. The molecule has 1 aromatic rings. The van der Waals surface area contributed by atoms with Gasteiger partial charge >= 0.3 is 6.18 Å². The van der Waals surface area contributed by atoms with Crippen molar-refractivity contribution < 1.29 is 13.2 Å². The normalized spacial score (nSPS) is 13.9. The van der Waals surface area contributed by atoms with Gasteiger partial charge in [-0.15, -0.1) is 0 Å². The van der Waals surface area contributed by atoms with Crippen molar-refractivity contribution >= 4 is 31.9 Å². The van der Waals surface area contributed by atoms with Crippen LogP contribution in [0.15, 0.2) is 27.1 Å². The van der Waals surface area contributed by atoms with E-state index >= 15 is 0 Å². The van der Waals surface area contributed by atoms with Gasteiger partial charge in [-0.25, -0.2) is 0 Å². The molecule has 0 radical (unpaired) electrons. The molecule has 0 bridgehead atoms. The van der Waals surface area contributed by atoms with Gasteiger partial charge in [0.05, 0.1) is 6.42 Å². The third-order valence-corrected chi connectivity index (χ3v) is 3.33. The lowest BCUT2D eigenvalue weighted by molar-refractivity contribution is -0.140. The summed E-state index contributed by atoms with van der Waals surface area (Å²) in [5.41, 5.74) is 0.592. The summed E-state index contributed by atoms with van der Waals surface area (Å²) < 4.78 is 38.5. The fourth-order valence-corrected chi connectivity index (χ4v) is 2.28. The second-order valence-electron chi connectivity index (χ2n) is 3.33. The summed E-state index contributed by atoms with van der Waals surface area (Å²) >= 11 is 6.49. The average molecular weight is 361 g/mol. The van der Waals surface area contributed by atoms with Gasteiger partial charge in [0.1, 0.15) is 0 Å². The first-order valence-electron chi connectivity index (χ1n) is 4.52. The first-order valence-corrected chi connectivity index (χ1v) is 6.11. The van der Waals surface area contributed by atoms with Crippen LogP contribution in [-0.4, -0.2) is 13.2 Å². The molecule has 1 rings (SSSR count). The molecule has 1 nitrogen and oxygen atoms in total. The predicted molar refractivity (Wildman–Crippen MR) is 64.3 cm³/mol. The van der Waals surface area contributed by atoms with Gasteiger partial charge in [-0.2, -0.15) is 13.2 Å². The molecule has 90 valence electrons. The second-order valence-corrected chi connectivity index (χ2v) is 5.10. The van der Waals surface area contributed by atoms with Gasteiger partial charge in [-0.1, -0.05) is 31.9 Å². The highest BCUT2D eigenvalue weighted by atomic mass is 79.9. The Hall–Kier alpha value is -0.0700.